The first-order valence-electron chi connectivity index (χ1n) is 8.27. The maximum Gasteiger partial charge on any atom is 0.237 e. The van der Waals surface area contributed by atoms with Crippen LogP contribution in [0.2, 0.25) is 0 Å². The highest BCUT2D eigenvalue weighted by Crippen LogP contribution is 2.30. The second-order valence-electron chi connectivity index (χ2n) is 6.39. The monoisotopic (exact) mass is 382 g/mol. The highest BCUT2D eigenvalue weighted by molar-refractivity contribution is 7.99. The molecule has 1 amide bonds. The van der Waals surface area contributed by atoms with Crippen LogP contribution in [-0.2, 0) is 9.53 Å². The number of piperidine rings is 1. The van der Waals surface area contributed by atoms with Crippen LogP contribution in [0, 0.1) is 0 Å². The molecule has 9 heteroatoms. The van der Waals surface area contributed by atoms with Gasteiger partial charge in [0.25, 0.3) is 0 Å². The highest BCUT2D eigenvalue weighted by atomic mass is 35.5. The molecule has 7 nitrogen and oxygen atoms in total. The van der Waals surface area contributed by atoms with Crippen molar-refractivity contribution in [3.05, 3.63) is 0 Å². The molecule has 2 saturated heterocycles. The molecule has 5 N–H and O–H groups in total. The molecule has 2 heterocycles. The number of halogens is 1. The lowest BCUT2D eigenvalue weighted by atomic mass is 9.92. The summed E-state index contributed by atoms with van der Waals surface area (Å²) in [6.45, 7) is 2.49. The Kier molecular flexibility index (Phi) is 7.60. The number of ether oxygens (including phenoxy) is 1. The van der Waals surface area contributed by atoms with Crippen molar-refractivity contribution in [2.75, 3.05) is 12.8 Å². The van der Waals surface area contributed by atoms with E-state index in [9.17, 15) is 20.1 Å². The lowest BCUT2D eigenvalue weighted by molar-refractivity contribution is -0.205. The number of amides is 1. The molecule has 2 fully saturated rings. The van der Waals surface area contributed by atoms with Gasteiger partial charge in [-0.15, -0.1) is 23.4 Å². The first kappa shape index (κ1) is 20.2. The van der Waals surface area contributed by atoms with E-state index in [1.165, 1.54) is 11.8 Å². The molecule has 8 atom stereocenters. The second kappa shape index (κ2) is 9.02. The summed E-state index contributed by atoms with van der Waals surface area (Å²) >= 11 is 7.45. The summed E-state index contributed by atoms with van der Waals surface area (Å²) in [5.41, 5.74) is -0.698. The smallest absolute Gasteiger partial charge is 0.237 e. The zero-order chi connectivity index (χ0) is 17.9. The quantitative estimate of drug-likeness (QED) is 0.404. The first-order chi connectivity index (χ1) is 11.4. The first-order valence-corrected chi connectivity index (χ1v) is 9.99. The van der Waals surface area contributed by atoms with Crippen LogP contribution in [0.4, 0.5) is 0 Å². The zero-order valence-corrected chi connectivity index (χ0v) is 15.5. The fraction of sp³-hybridized carbons (Fsp3) is 0.933. The molecule has 0 aromatic rings. The van der Waals surface area contributed by atoms with E-state index in [0.29, 0.717) is 0 Å². The molecule has 2 rings (SSSR count). The average molecular weight is 383 g/mol. The molecule has 7 unspecified atom stereocenters. The van der Waals surface area contributed by atoms with Gasteiger partial charge in [0.1, 0.15) is 29.9 Å². The molecule has 0 spiro atoms. The van der Waals surface area contributed by atoms with Gasteiger partial charge < -0.3 is 30.7 Å². The Balaban J connectivity index is 2.09. The maximum absolute atomic E-state index is 12.5. The number of carbonyl (C=O) groups is 1. The number of thioether (sulfide) groups is 1. The van der Waals surface area contributed by atoms with Crippen molar-refractivity contribution in [1.82, 2.24) is 10.6 Å². The average Bonchev–Trinajstić information content (AvgIpc) is 2.59. The van der Waals surface area contributed by atoms with Gasteiger partial charge in [-0.3, -0.25) is 4.79 Å². The number of nitrogens with one attached hydrogen (secondary N) is 2. The molecular formula is C15H27ClN2O5S. The largest absolute Gasteiger partial charge is 0.388 e. The predicted octanol–water partition coefficient (Wildman–Crippen LogP) is -0.589. The van der Waals surface area contributed by atoms with Gasteiger partial charge in [-0.1, -0.05) is 6.42 Å². The van der Waals surface area contributed by atoms with E-state index in [-0.39, 0.29) is 11.9 Å². The van der Waals surface area contributed by atoms with Crippen molar-refractivity contribution in [1.29, 1.82) is 0 Å². The van der Waals surface area contributed by atoms with Crippen molar-refractivity contribution in [2.24, 2.45) is 0 Å². The van der Waals surface area contributed by atoms with Crippen LogP contribution in [0.5, 0.6) is 0 Å². The minimum Gasteiger partial charge on any atom is -0.388 e. The Morgan fingerprint density at radius 3 is 2.54 bits per heavy atom. The van der Waals surface area contributed by atoms with E-state index in [1.54, 1.807) is 13.2 Å². The second-order valence-corrected chi connectivity index (χ2v) is 8.02. The Morgan fingerprint density at radius 1 is 1.29 bits per heavy atom. The van der Waals surface area contributed by atoms with Crippen LogP contribution in [0.1, 0.15) is 26.2 Å². The minimum absolute atomic E-state index is 0.190. The van der Waals surface area contributed by atoms with Crippen LogP contribution in [0.3, 0.4) is 0 Å². The number of aliphatic hydroxyl groups is 3. The summed E-state index contributed by atoms with van der Waals surface area (Å²) in [7, 11) is 0. The minimum atomic E-state index is -1.36. The van der Waals surface area contributed by atoms with E-state index < -0.39 is 41.3 Å². The van der Waals surface area contributed by atoms with Gasteiger partial charge in [-0.25, -0.2) is 0 Å². The van der Waals surface area contributed by atoms with Gasteiger partial charge in [-0.2, -0.15) is 0 Å². The molecular weight excluding hydrogens is 356 g/mol. The SMILES string of the molecule is CSC1OC(C(NC(=O)[C@H]2CCCCN2)C(C)Cl)C(O)C(O)C1O. The van der Waals surface area contributed by atoms with E-state index in [2.05, 4.69) is 10.6 Å². The Labute approximate surface area is 151 Å². The lowest BCUT2D eigenvalue weighted by Crippen LogP contribution is -2.65. The van der Waals surface area contributed by atoms with Crippen LogP contribution in [-0.4, -0.2) is 81.3 Å². The van der Waals surface area contributed by atoms with Crippen LogP contribution >= 0.6 is 23.4 Å². The van der Waals surface area contributed by atoms with Gasteiger partial charge >= 0.3 is 0 Å². The third kappa shape index (κ3) is 4.55. The zero-order valence-electron chi connectivity index (χ0n) is 13.9. The fourth-order valence-electron chi connectivity index (χ4n) is 3.16. The van der Waals surface area contributed by atoms with Crippen molar-refractivity contribution in [3.8, 4) is 0 Å². The number of rotatable bonds is 5. The molecule has 0 saturated carbocycles. The summed E-state index contributed by atoms with van der Waals surface area (Å²) in [4.78, 5) is 12.5. The molecule has 2 aliphatic heterocycles. The Hall–Kier alpha value is -0.0900. The molecule has 0 bridgehead atoms. The number of carbonyl (C=O) groups excluding carboxylic acids is 1. The Morgan fingerprint density at radius 2 is 2.00 bits per heavy atom. The van der Waals surface area contributed by atoms with Gasteiger partial charge in [0, 0.05) is 0 Å². The maximum atomic E-state index is 12.5. The lowest BCUT2D eigenvalue weighted by Gasteiger charge is -2.44. The molecule has 0 radical (unpaired) electrons. The van der Waals surface area contributed by atoms with Crippen molar-refractivity contribution in [3.63, 3.8) is 0 Å². The number of hydrogen-bond donors (Lipinski definition) is 5. The van der Waals surface area contributed by atoms with E-state index in [1.807, 2.05) is 0 Å². The van der Waals surface area contributed by atoms with Gasteiger partial charge in [0.15, 0.2) is 0 Å². The molecule has 0 aromatic heterocycles. The van der Waals surface area contributed by atoms with E-state index >= 15 is 0 Å². The van der Waals surface area contributed by atoms with Gasteiger partial charge in [0.2, 0.25) is 5.91 Å². The summed E-state index contributed by atoms with van der Waals surface area (Å²) in [6.07, 6.45) is -0.291. The van der Waals surface area contributed by atoms with Crippen LogP contribution < -0.4 is 10.6 Å². The molecule has 0 aromatic carbocycles. The predicted molar refractivity (Wildman–Crippen MR) is 93.1 cm³/mol. The van der Waals surface area contributed by atoms with Crippen molar-refractivity contribution >= 4 is 29.3 Å². The third-order valence-corrected chi connectivity index (χ3v) is 5.75. The Bertz CT molecular complexity index is 423. The summed E-state index contributed by atoms with van der Waals surface area (Å²) in [5.74, 6) is -0.190. The van der Waals surface area contributed by atoms with Crippen molar-refractivity contribution in [2.45, 2.75) is 73.5 Å². The summed E-state index contributed by atoms with van der Waals surface area (Å²) in [6, 6.07) is -0.973. The van der Waals surface area contributed by atoms with Crippen molar-refractivity contribution < 1.29 is 24.9 Å². The fourth-order valence-corrected chi connectivity index (χ4v) is 4.05. The topological polar surface area (TPSA) is 111 Å². The summed E-state index contributed by atoms with van der Waals surface area (Å²) < 4.78 is 5.73. The molecule has 140 valence electrons. The van der Waals surface area contributed by atoms with Gasteiger partial charge in [0.05, 0.1) is 17.5 Å². The number of aliphatic hydroxyl groups excluding tert-OH is 3. The van der Waals surface area contributed by atoms with Gasteiger partial charge in [-0.05, 0) is 32.6 Å². The van der Waals surface area contributed by atoms with E-state index in [4.69, 9.17) is 16.3 Å². The highest BCUT2D eigenvalue weighted by Gasteiger charge is 2.48. The van der Waals surface area contributed by atoms with Crippen LogP contribution in [0.25, 0.3) is 0 Å². The molecule has 0 aliphatic carbocycles. The summed E-state index contributed by atoms with van der Waals surface area (Å²) in [5, 5.41) is 35.8. The third-order valence-electron chi connectivity index (χ3n) is 4.62. The standard InChI is InChI=1S/C15H27ClN2O5S/c1-7(16)9(18-14(22)8-5-3-4-6-17-8)13-11(20)10(19)12(21)15(23-13)24-2/h7-13,15,17,19-21H,3-6H2,1-2H3,(H,18,22)/t7?,8-,9?,10?,11?,12?,13?,15?/m1/s1. The number of alkyl halides is 1. The van der Waals surface area contributed by atoms with E-state index in [0.717, 1.165) is 25.8 Å². The molecule has 2 aliphatic rings. The normalized spacial score (nSPS) is 39.9. The van der Waals surface area contributed by atoms with Crippen LogP contribution in [0.15, 0.2) is 0 Å². The number of hydrogen-bond acceptors (Lipinski definition) is 7. The molecule has 24 heavy (non-hydrogen) atoms.